The third-order valence-electron chi connectivity index (χ3n) is 4.26. The van der Waals surface area contributed by atoms with E-state index in [0.29, 0.717) is 30.0 Å². The first kappa shape index (κ1) is 20.7. The van der Waals surface area contributed by atoms with E-state index < -0.39 is 17.8 Å². The van der Waals surface area contributed by atoms with Gasteiger partial charge in [0.05, 0.1) is 12.7 Å². The van der Waals surface area contributed by atoms with Crippen LogP contribution in [-0.4, -0.2) is 43.2 Å². The number of carbonyl (C=O) groups excluding carboxylic acids is 1. The molecule has 0 aliphatic heterocycles. The van der Waals surface area contributed by atoms with Gasteiger partial charge < -0.3 is 9.47 Å². The summed E-state index contributed by atoms with van der Waals surface area (Å²) in [5.74, 6) is -0.551. The van der Waals surface area contributed by atoms with Crippen molar-refractivity contribution in [1.29, 1.82) is 0 Å². The topological polar surface area (TPSA) is 51.7 Å². The molecule has 0 N–H and O–H groups in total. The van der Waals surface area contributed by atoms with E-state index in [0.717, 1.165) is 17.7 Å². The minimum Gasteiger partial charge on any atom is -0.481 e. The first-order chi connectivity index (χ1) is 12.9. The van der Waals surface area contributed by atoms with E-state index in [4.69, 9.17) is 9.47 Å². The minimum atomic E-state index is -2.90. The van der Waals surface area contributed by atoms with Crippen LogP contribution in [-0.2, 0) is 16.1 Å². The largest absolute Gasteiger partial charge is 0.481 e. The number of alkyl halides is 2. The van der Waals surface area contributed by atoms with Crippen molar-refractivity contribution in [3.8, 4) is 17.0 Å². The number of hydrogen-bond acceptors (Lipinski definition) is 5. The van der Waals surface area contributed by atoms with E-state index in [9.17, 15) is 18.0 Å². The van der Waals surface area contributed by atoms with Crippen molar-refractivity contribution in [2.24, 2.45) is 0 Å². The lowest BCUT2D eigenvalue weighted by atomic mass is 10.0. The highest BCUT2D eigenvalue weighted by Gasteiger charge is 2.17. The lowest BCUT2D eigenvalue weighted by molar-refractivity contribution is -0.130. The molecule has 0 fully saturated rings. The van der Waals surface area contributed by atoms with Crippen molar-refractivity contribution >= 4 is 6.47 Å². The highest BCUT2D eigenvalue weighted by molar-refractivity contribution is 5.65. The van der Waals surface area contributed by atoms with Crippen LogP contribution in [0.25, 0.3) is 11.1 Å². The number of carbonyl (C=O) groups is 1. The van der Waals surface area contributed by atoms with Crippen molar-refractivity contribution in [3.05, 3.63) is 47.4 Å². The predicted octanol–water partition coefficient (Wildman–Crippen LogP) is 3.83. The van der Waals surface area contributed by atoms with Crippen molar-refractivity contribution in [2.45, 2.75) is 25.9 Å². The molecule has 27 heavy (non-hydrogen) atoms. The number of methoxy groups -OCH3 is 1. The van der Waals surface area contributed by atoms with Crippen LogP contribution in [0.15, 0.2) is 30.5 Å². The number of likely N-dealkylation sites (N-methyl/N-ethyl adjacent to an activating group) is 1. The van der Waals surface area contributed by atoms with Crippen LogP contribution in [0.5, 0.6) is 5.88 Å². The van der Waals surface area contributed by atoms with Crippen molar-refractivity contribution in [3.63, 3.8) is 0 Å². The first-order valence-electron chi connectivity index (χ1n) is 8.23. The van der Waals surface area contributed by atoms with E-state index in [1.807, 2.05) is 18.9 Å². The zero-order chi connectivity index (χ0) is 20.0. The molecule has 0 aliphatic carbocycles. The molecule has 0 saturated heterocycles. The molecule has 1 aromatic carbocycles. The maximum Gasteiger partial charge on any atom is 0.293 e. The lowest BCUT2D eigenvalue weighted by Crippen LogP contribution is -2.32. The molecule has 1 heterocycles. The maximum absolute atomic E-state index is 13.5. The number of rotatable bonds is 9. The zero-order valence-corrected chi connectivity index (χ0v) is 15.3. The summed E-state index contributed by atoms with van der Waals surface area (Å²) < 4.78 is 49.5. The number of aromatic nitrogens is 1. The summed E-state index contributed by atoms with van der Waals surface area (Å²) in [6.45, 7) is 2.94. The molecule has 1 aromatic heterocycles. The SMILES string of the molecule is COc1ncc(-c2ccc(F)c(C(F)F)c2)cc1CN(C)[C@H](C)COC=O. The highest BCUT2D eigenvalue weighted by atomic mass is 19.3. The average Bonchev–Trinajstić information content (AvgIpc) is 2.66. The lowest BCUT2D eigenvalue weighted by Gasteiger charge is -2.24. The van der Waals surface area contributed by atoms with Crippen molar-refractivity contribution in [2.75, 3.05) is 20.8 Å². The van der Waals surface area contributed by atoms with E-state index in [1.54, 1.807) is 6.07 Å². The Kier molecular flexibility index (Phi) is 7.18. The third-order valence-corrected chi connectivity index (χ3v) is 4.26. The quantitative estimate of drug-likeness (QED) is 0.617. The van der Waals surface area contributed by atoms with Gasteiger partial charge in [0.1, 0.15) is 12.4 Å². The number of pyridine rings is 1. The number of benzene rings is 1. The number of halogens is 3. The molecule has 0 unspecified atom stereocenters. The number of hydrogen-bond donors (Lipinski definition) is 0. The summed E-state index contributed by atoms with van der Waals surface area (Å²) in [5.41, 5.74) is 1.07. The molecule has 0 saturated carbocycles. The highest BCUT2D eigenvalue weighted by Crippen LogP contribution is 2.30. The molecule has 0 bridgehead atoms. The summed E-state index contributed by atoms with van der Waals surface area (Å²) in [7, 11) is 3.33. The molecule has 5 nitrogen and oxygen atoms in total. The van der Waals surface area contributed by atoms with Gasteiger partial charge in [0.15, 0.2) is 0 Å². The first-order valence-corrected chi connectivity index (χ1v) is 8.23. The van der Waals surface area contributed by atoms with Crippen molar-refractivity contribution in [1.82, 2.24) is 9.88 Å². The van der Waals surface area contributed by atoms with E-state index in [-0.39, 0.29) is 12.6 Å². The van der Waals surface area contributed by atoms with Crippen LogP contribution in [0.2, 0.25) is 0 Å². The van der Waals surface area contributed by atoms with Crippen LogP contribution in [0.1, 0.15) is 24.5 Å². The van der Waals surface area contributed by atoms with Crippen LogP contribution in [0.3, 0.4) is 0 Å². The molecule has 0 aliphatic rings. The van der Waals surface area contributed by atoms with Crippen molar-refractivity contribution < 1.29 is 27.4 Å². The van der Waals surface area contributed by atoms with Gasteiger partial charge in [0.25, 0.3) is 12.9 Å². The molecule has 146 valence electrons. The molecule has 2 aromatic rings. The fraction of sp³-hybridized carbons (Fsp3) is 0.368. The van der Waals surface area contributed by atoms with Gasteiger partial charge in [-0.25, -0.2) is 18.2 Å². The standard InChI is InChI=1S/C19H21F3N2O3/c1-12(10-27-11-25)24(2)9-15-6-14(8-23-19(15)26-3)13-4-5-17(20)16(7-13)18(21)22/h4-8,11-12,18H,9-10H2,1-3H3/t12-/m1/s1. The predicted molar refractivity (Wildman–Crippen MR) is 94.1 cm³/mol. The minimum absolute atomic E-state index is 0.0557. The Morgan fingerprint density at radius 2 is 2.00 bits per heavy atom. The Hall–Kier alpha value is -2.61. The molecule has 8 heteroatoms. The third kappa shape index (κ3) is 5.19. The second-order valence-corrected chi connectivity index (χ2v) is 6.12. The fourth-order valence-corrected chi connectivity index (χ4v) is 2.57. The smallest absolute Gasteiger partial charge is 0.293 e. The van der Waals surface area contributed by atoms with Gasteiger partial charge in [0, 0.05) is 29.9 Å². The molecule has 1 atom stereocenters. The van der Waals surface area contributed by atoms with Crippen LogP contribution in [0.4, 0.5) is 13.2 Å². The Labute approximate surface area is 155 Å². The molecule has 0 spiro atoms. The summed E-state index contributed by atoms with van der Waals surface area (Å²) in [5, 5.41) is 0. The molecule has 0 radical (unpaired) electrons. The molecule has 2 rings (SSSR count). The molecular formula is C19H21F3N2O3. The fourth-order valence-electron chi connectivity index (χ4n) is 2.57. The maximum atomic E-state index is 13.5. The van der Waals surface area contributed by atoms with Gasteiger partial charge in [-0.05, 0) is 37.7 Å². The summed E-state index contributed by atoms with van der Waals surface area (Å²) in [6.07, 6.45) is -1.41. The van der Waals surface area contributed by atoms with Gasteiger partial charge in [-0.3, -0.25) is 9.69 Å². The normalized spacial score (nSPS) is 12.3. The summed E-state index contributed by atoms with van der Waals surface area (Å²) >= 11 is 0. The molecule has 0 amide bonds. The molecular weight excluding hydrogens is 361 g/mol. The Bertz CT molecular complexity index is 787. The van der Waals surface area contributed by atoms with Gasteiger partial charge in [-0.15, -0.1) is 0 Å². The van der Waals surface area contributed by atoms with E-state index in [1.165, 1.54) is 19.4 Å². The van der Waals surface area contributed by atoms with E-state index >= 15 is 0 Å². The average molecular weight is 382 g/mol. The second-order valence-electron chi connectivity index (χ2n) is 6.12. The van der Waals surface area contributed by atoms with Crippen LogP contribution < -0.4 is 4.74 Å². The number of ether oxygens (including phenoxy) is 2. The Morgan fingerprint density at radius 3 is 2.63 bits per heavy atom. The van der Waals surface area contributed by atoms with Gasteiger partial charge in [0.2, 0.25) is 5.88 Å². The van der Waals surface area contributed by atoms with Gasteiger partial charge in [-0.1, -0.05) is 6.07 Å². The van der Waals surface area contributed by atoms with Gasteiger partial charge >= 0.3 is 0 Å². The monoisotopic (exact) mass is 382 g/mol. The van der Waals surface area contributed by atoms with Gasteiger partial charge in [-0.2, -0.15) is 0 Å². The number of nitrogens with zero attached hydrogens (tertiary/aromatic N) is 2. The van der Waals surface area contributed by atoms with Crippen LogP contribution >= 0.6 is 0 Å². The second kappa shape index (κ2) is 9.36. The zero-order valence-electron chi connectivity index (χ0n) is 15.3. The summed E-state index contributed by atoms with van der Waals surface area (Å²) in [4.78, 5) is 16.5. The Balaban J connectivity index is 2.32. The van der Waals surface area contributed by atoms with E-state index in [2.05, 4.69) is 4.98 Å². The van der Waals surface area contributed by atoms with Crippen LogP contribution in [0, 0.1) is 5.82 Å². The Morgan fingerprint density at radius 1 is 1.26 bits per heavy atom. The summed E-state index contributed by atoms with van der Waals surface area (Å²) in [6, 6.07) is 5.28.